The van der Waals surface area contributed by atoms with Crippen LogP contribution in [0.3, 0.4) is 0 Å². The van der Waals surface area contributed by atoms with Crippen molar-refractivity contribution >= 4 is 38.9 Å². The number of carbonyl (C=O) groups is 1. The lowest BCUT2D eigenvalue weighted by Crippen LogP contribution is -2.34. The van der Waals surface area contributed by atoms with Gasteiger partial charge in [-0.15, -0.1) is 11.3 Å². The first-order chi connectivity index (χ1) is 13.4. The Kier molecular flexibility index (Phi) is 8.95. The molecule has 1 heterocycles. The van der Waals surface area contributed by atoms with Crippen LogP contribution in [0.1, 0.15) is 39.9 Å². The van der Waals surface area contributed by atoms with Crippen LogP contribution in [0.25, 0.3) is 0 Å². The fourth-order valence-electron chi connectivity index (χ4n) is 2.88. The third-order valence-corrected chi connectivity index (χ3v) is 7.64. The summed E-state index contributed by atoms with van der Waals surface area (Å²) in [5.41, 5.74) is 1.11. The first-order valence-corrected chi connectivity index (χ1v) is 12.1. The normalized spacial score (nSPS) is 11.7. The van der Waals surface area contributed by atoms with Gasteiger partial charge in [-0.1, -0.05) is 23.7 Å². The summed E-state index contributed by atoms with van der Waals surface area (Å²) in [6.45, 7) is 2.62. The number of nitrogens with zero attached hydrogens (tertiary/aromatic N) is 1. The number of carbonyl (C=O) groups excluding carboxylic acids is 1. The number of thiophene rings is 1. The van der Waals surface area contributed by atoms with Crippen LogP contribution in [0.4, 0.5) is 0 Å². The Balaban J connectivity index is 1.88. The number of hydrogen-bond donors (Lipinski definition) is 0. The number of aryl methyl sites for hydroxylation is 2. The Bertz CT molecular complexity index is 880. The van der Waals surface area contributed by atoms with E-state index in [2.05, 4.69) is 0 Å². The molecule has 0 bridgehead atoms. The number of hydrogen-bond acceptors (Lipinski definition) is 5. The van der Waals surface area contributed by atoms with Gasteiger partial charge in [-0.3, -0.25) is 0 Å². The maximum Gasteiger partial charge on any atom is 0.348 e. The molecule has 2 aromatic rings. The summed E-state index contributed by atoms with van der Waals surface area (Å²) in [4.78, 5) is 13.1. The lowest BCUT2D eigenvalue weighted by Gasteiger charge is -2.21. The summed E-state index contributed by atoms with van der Waals surface area (Å²) < 4.78 is 31.1. The Morgan fingerprint density at radius 1 is 1.14 bits per heavy atom. The van der Waals surface area contributed by atoms with E-state index in [-0.39, 0.29) is 11.7 Å². The Morgan fingerprint density at radius 2 is 1.86 bits per heavy atom. The summed E-state index contributed by atoms with van der Waals surface area (Å²) in [6, 6.07) is 11.3. The van der Waals surface area contributed by atoms with Gasteiger partial charge < -0.3 is 4.74 Å². The number of sulfonamides is 1. The lowest BCUT2D eigenvalue weighted by atomic mass is 10.1. The Hall–Kier alpha value is -1.41. The molecule has 0 saturated heterocycles. The quantitative estimate of drug-likeness (QED) is 0.482. The van der Waals surface area contributed by atoms with Gasteiger partial charge in [0, 0.05) is 23.0 Å². The standard InChI is InChI=1S/C20H26ClNO4S2/c1-3-28(24,25)22(13-5-8-16-7-4-9-17(21)15-16)14-6-10-18-11-12-19(27-18)20(23)26-2/h4,7,9,11-12,15H,3,5-6,8,10,13-14H2,1-2H3. The lowest BCUT2D eigenvalue weighted by molar-refractivity contribution is 0.0606. The van der Waals surface area contributed by atoms with E-state index in [1.165, 1.54) is 18.4 Å². The third-order valence-electron chi connectivity index (χ3n) is 4.40. The molecule has 0 amide bonds. The minimum atomic E-state index is -3.25. The predicted molar refractivity (Wildman–Crippen MR) is 115 cm³/mol. The molecule has 0 spiro atoms. The van der Waals surface area contributed by atoms with E-state index in [9.17, 15) is 13.2 Å². The molecule has 0 radical (unpaired) electrons. The highest BCUT2D eigenvalue weighted by Gasteiger charge is 2.19. The van der Waals surface area contributed by atoms with Crippen molar-refractivity contribution in [1.82, 2.24) is 4.31 Å². The molecule has 28 heavy (non-hydrogen) atoms. The topological polar surface area (TPSA) is 63.7 Å². The van der Waals surface area contributed by atoms with Crippen molar-refractivity contribution in [2.75, 3.05) is 26.0 Å². The van der Waals surface area contributed by atoms with Gasteiger partial charge >= 0.3 is 5.97 Å². The molecule has 0 N–H and O–H groups in total. The summed E-state index contributed by atoms with van der Waals surface area (Å²) in [5, 5.41) is 0.692. The molecule has 0 saturated carbocycles. The van der Waals surface area contributed by atoms with Crippen LogP contribution in [0.5, 0.6) is 0 Å². The molecule has 0 atom stereocenters. The minimum Gasteiger partial charge on any atom is -0.465 e. The van der Waals surface area contributed by atoms with E-state index in [1.807, 2.05) is 30.3 Å². The van der Waals surface area contributed by atoms with Crippen LogP contribution in [0, 0.1) is 0 Å². The number of methoxy groups -OCH3 is 1. The van der Waals surface area contributed by atoms with E-state index < -0.39 is 10.0 Å². The van der Waals surface area contributed by atoms with Crippen LogP contribution >= 0.6 is 22.9 Å². The molecule has 1 aromatic carbocycles. The average molecular weight is 444 g/mol. The molecule has 0 fully saturated rings. The molecule has 5 nitrogen and oxygen atoms in total. The zero-order chi connectivity index (χ0) is 20.6. The van der Waals surface area contributed by atoms with Crippen LogP contribution < -0.4 is 0 Å². The molecule has 0 aliphatic heterocycles. The van der Waals surface area contributed by atoms with Crippen LogP contribution in [-0.4, -0.2) is 44.6 Å². The number of benzene rings is 1. The highest BCUT2D eigenvalue weighted by Crippen LogP contribution is 2.19. The van der Waals surface area contributed by atoms with E-state index in [4.69, 9.17) is 16.3 Å². The molecular weight excluding hydrogens is 418 g/mol. The first-order valence-electron chi connectivity index (χ1n) is 9.25. The molecule has 0 aliphatic carbocycles. The van der Waals surface area contributed by atoms with Crippen molar-refractivity contribution < 1.29 is 17.9 Å². The summed E-state index contributed by atoms with van der Waals surface area (Å²) in [6.07, 6.45) is 2.96. The highest BCUT2D eigenvalue weighted by atomic mass is 35.5. The SMILES string of the molecule is CCS(=O)(=O)N(CCCc1cccc(Cl)c1)CCCc1ccc(C(=O)OC)s1. The minimum absolute atomic E-state index is 0.0929. The van der Waals surface area contributed by atoms with Gasteiger partial charge in [-0.05, 0) is 62.4 Å². The second-order valence-electron chi connectivity index (χ2n) is 6.39. The van der Waals surface area contributed by atoms with Crippen molar-refractivity contribution in [3.63, 3.8) is 0 Å². The smallest absolute Gasteiger partial charge is 0.348 e. The number of ether oxygens (including phenoxy) is 1. The zero-order valence-electron chi connectivity index (χ0n) is 16.2. The van der Waals surface area contributed by atoms with Crippen molar-refractivity contribution in [2.45, 2.75) is 32.6 Å². The van der Waals surface area contributed by atoms with Gasteiger partial charge in [0.15, 0.2) is 0 Å². The fraction of sp³-hybridized carbons (Fsp3) is 0.450. The van der Waals surface area contributed by atoms with E-state index in [0.29, 0.717) is 29.4 Å². The van der Waals surface area contributed by atoms with Gasteiger partial charge in [0.25, 0.3) is 0 Å². The molecule has 0 aliphatic rings. The predicted octanol–water partition coefficient (Wildman–Crippen LogP) is 4.41. The number of halogens is 1. The van der Waals surface area contributed by atoms with Crippen LogP contribution in [0.15, 0.2) is 36.4 Å². The van der Waals surface area contributed by atoms with Gasteiger partial charge in [0.1, 0.15) is 4.88 Å². The van der Waals surface area contributed by atoms with Gasteiger partial charge in [0.2, 0.25) is 10.0 Å². The van der Waals surface area contributed by atoms with Gasteiger partial charge in [0.05, 0.1) is 12.9 Å². The monoisotopic (exact) mass is 443 g/mol. The Labute approximate surface area is 176 Å². The molecule has 0 unspecified atom stereocenters. The summed E-state index contributed by atoms with van der Waals surface area (Å²) in [7, 11) is -1.89. The molecule has 154 valence electrons. The number of rotatable bonds is 11. The highest BCUT2D eigenvalue weighted by molar-refractivity contribution is 7.89. The van der Waals surface area contributed by atoms with Crippen LogP contribution in [0.2, 0.25) is 5.02 Å². The van der Waals surface area contributed by atoms with Crippen molar-refractivity contribution in [3.05, 3.63) is 56.7 Å². The van der Waals surface area contributed by atoms with Crippen molar-refractivity contribution in [3.8, 4) is 0 Å². The second-order valence-corrected chi connectivity index (χ2v) is 10.3. The van der Waals surface area contributed by atoms with Gasteiger partial charge in [-0.25, -0.2) is 17.5 Å². The molecular formula is C20H26ClNO4S2. The summed E-state index contributed by atoms with van der Waals surface area (Å²) >= 11 is 7.40. The second kappa shape index (κ2) is 11.0. The third kappa shape index (κ3) is 6.88. The van der Waals surface area contributed by atoms with E-state index in [1.54, 1.807) is 17.3 Å². The summed E-state index contributed by atoms with van der Waals surface area (Å²) in [5.74, 6) is -0.247. The van der Waals surface area contributed by atoms with Gasteiger partial charge in [-0.2, -0.15) is 0 Å². The molecule has 2 rings (SSSR count). The largest absolute Gasteiger partial charge is 0.465 e. The van der Waals surface area contributed by atoms with E-state index in [0.717, 1.165) is 29.7 Å². The average Bonchev–Trinajstić information content (AvgIpc) is 3.15. The zero-order valence-corrected chi connectivity index (χ0v) is 18.6. The Morgan fingerprint density at radius 3 is 2.50 bits per heavy atom. The fourth-order valence-corrected chi connectivity index (χ4v) is 5.24. The van der Waals surface area contributed by atoms with Crippen molar-refractivity contribution in [2.24, 2.45) is 0 Å². The first kappa shape index (κ1) is 22.9. The molecule has 1 aromatic heterocycles. The van der Waals surface area contributed by atoms with Crippen LogP contribution in [-0.2, 0) is 27.6 Å². The maximum absolute atomic E-state index is 12.4. The number of esters is 1. The van der Waals surface area contributed by atoms with E-state index >= 15 is 0 Å². The maximum atomic E-state index is 12.4. The van der Waals surface area contributed by atoms with Crippen molar-refractivity contribution in [1.29, 1.82) is 0 Å². The molecule has 8 heteroatoms.